The number of piperidine rings is 1. The predicted octanol–water partition coefficient (Wildman–Crippen LogP) is 1.69. The van der Waals surface area contributed by atoms with Crippen LogP contribution in [0.4, 0.5) is 0 Å². The van der Waals surface area contributed by atoms with E-state index in [1.807, 2.05) is 48.3 Å². The van der Waals surface area contributed by atoms with Crippen LogP contribution in [-0.2, 0) is 7.05 Å². The van der Waals surface area contributed by atoms with Crippen molar-refractivity contribution in [2.75, 3.05) is 13.1 Å². The van der Waals surface area contributed by atoms with Gasteiger partial charge in [0.05, 0.1) is 23.9 Å². The Balaban J connectivity index is 1.58. The number of nitrogens with one attached hydrogen (secondary N) is 2. The fraction of sp³-hybridized carbons (Fsp3) is 0.300. The summed E-state index contributed by atoms with van der Waals surface area (Å²) in [6.45, 7) is 1.31. The fourth-order valence-corrected chi connectivity index (χ4v) is 3.45. The van der Waals surface area contributed by atoms with Crippen LogP contribution >= 0.6 is 0 Å². The molecule has 2 heterocycles. The molecule has 134 valence electrons. The van der Waals surface area contributed by atoms with Crippen LogP contribution in [0, 0.1) is 0 Å². The van der Waals surface area contributed by atoms with E-state index >= 15 is 0 Å². The number of aliphatic hydroxyl groups excluding tert-OH is 1. The summed E-state index contributed by atoms with van der Waals surface area (Å²) in [4.78, 5) is 12.6. The molecule has 0 bridgehead atoms. The van der Waals surface area contributed by atoms with Crippen molar-refractivity contribution in [3.8, 4) is 11.1 Å². The summed E-state index contributed by atoms with van der Waals surface area (Å²) in [5, 5.41) is 21.4. The Hall–Kier alpha value is -2.70. The molecule has 2 atom stereocenters. The van der Waals surface area contributed by atoms with Crippen molar-refractivity contribution in [2.45, 2.75) is 18.6 Å². The molecule has 2 unspecified atom stereocenters. The molecular weight excluding hydrogens is 328 g/mol. The standard InChI is InChI=1S/C20H22N4O2/c1-24-18-6-5-14(10-16(18)11-22-24)13-3-2-4-15(9-13)20(26)23-17-7-8-21-12-19(17)25/h2-6,9-11,17,19,21,25H,7-8,12H2,1H3,(H,23,26). The molecule has 0 saturated carbocycles. The molecule has 1 saturated heterocycles. The minimum atomic E-state index is -0.552. The minimum absolute atomic E-state index is 0.153. The van der Waals surface area contributed by atoms with Gasteiger partial charge in [0, 0.05) is 24.5 Å². The molecule has 1 fully saturated rings. The first-order chi connectivity index (χ1) is 12.6. The third-order valence-electron chi connectivity index (χ3n) is 4.97. The highest BCUT2D eigenvalue weighted by molar-refractivity contribution is 5.96. The highest BCUT2D eigenvalue weighted by Gasteiger charge is 2.24. The number of carbonyl (C=O) groups is 1. The summed E-state index contributed by atoms with van der Waals surface area (Å²) < 4.78 is 1.84. The monoisotopic (exact) mass is 350 g/mol. The molecule has 26 heavy (non-hydrogen) atoms. The predicted molar refractivity (Wildman–Crippen MR) is 101 cm³/mol. The van der Waals surface area contributed by atoms with Gasteiger partial charge in [0.25, 0.3) is 5.91 Å². The molecule has 0 aliphatic carbocycles. The maximum absolute atomic E-state index is 12.6. The van der Waals surface area contributed by atoms with Gasteiger partial charge >= 0.3 is 0 Å². The van der Waals surface area contributed by atoms with Crippen molar-refractivity contribution in [3.05, 3.63) is 54.2 Å². The Morgan fingerprint density at radius 1 is 1.27 bits per heavy atom. The second kappa shape index (κ2) is 6.90. The van der Waals surface area contributed by atoms with Crippen molar-refractivity contribution in [3.63, 3.8) is 0 Å². The van der Waals surface area contributed by atoms with E-state index in [0.29, 0.717) is 12.1 Å². The van der Waals surface area contributed by atoms with Crippen LogP contribution in [0.25, 0.3) is 22.0 Å². The average Bonchev–Trinajstić information content (AvgIpc) is 3.04. The topological polar surface area (TPSA) is 79.2 Å². The quantitative estimate of drug-likeness (QED) is 0.672. The van der Waals surface area contributed by atoms with Crippen LogP contribution in [0.5, 0.6) is 0 Å². The number of benzene rings is 2. The van der Waals surface area contributed by atoms with Gasteiger partial charge in [0.1, 0.15) is 0 Å². The molecule has 1 aromatic heterocycles. The van der Waals surface area contributed by atoms with E-state index in [0.717, 1.165) is 35.0 Å². The van der Waals surface area contributed by atoms with Crippen molar-refractivity contribution in [1.29, 1.82) is 0 Å². The molecule has 1 aliphatic heterocycles. The Morgan fingerprint density at radius 2 is 2.12 bits per heavy atom. The Kier molecular flexibility index (Phi) is 4.44. The van der Waals surface area contributed by atoms with Gasteiger partial charge in [-0.3, -0.25) is 9.48 Å². The van der Waals surface area contributed by atoms with E-state index in [1.165, 1.54) is 0 Å². The lowest BCUT2D eigenvalue weighted by molar-refractivity contribution is 0.0765. The highest BCUT2D eigenvalue weighted by Crippen LogP contribution is 2.25. The summed E-state index contributed by atoms with van der Waals surface area (Å²) >= 11 is 0. The van der Waals surface area contributed by atoms with Crippen molar-refractivity contribution in [1.82, 2.24) is 20.4 Å². The van der Waals surface area contributed by atoms with Gasteiger partial charge in [0.15, 0.2) is 0 Å². The van der Waals surface area contributed by atoms with E-state index in [4.69, 9.17) is 0 Å². The molecule has 1 aliphatic rings. The smallest absolute Gasteiger partial charge is 0.251 e. The molecule has 6 nitrogen and oxygen atoms in total. The van der Waals surface area contributed by atoms with Gasteiger partial charge in [-0.1, -0.05) is 18.2 Å². The SMILES string of the molecule is Cn1ncc2cc(-c3cccc(C(=O)NC4CCNCC4O)c3)ccc21. The number of aromatic nitrogens is 2. The first kappa shape index (κ1) is 16.8. The Bertz CT molecular complexity index is 950. The second-order valence-corrected chi connectivity index (χ2v) is 6.76. The van der Waals surface area contributed by atoms with E-state index in [2.05, 4.69) is 21.8 Å². The molecule has 0 spiro atoms. The first-order valence-electron chi connectivity index (χ1n) is 8.84. The normalized spacial score (nSPS) is 20.2. The number of β-amino-alcohol motifs (C(OH)–C–C–N with tert-alkyl or cyclic N) is 1. The summed E-state index contributed by atoms with van der Waals surface area (Å²) in [5.74, 6) is -0.153. The molecule has 4 rings (SSSR count). The van der Waals surface area contributed by atoms with E-state index in [9.17, 15) is 9.90 Å². The molecular formula is C20H22N4O2. The van der Waals surface area contributed by atoms with Crippen LogP contribution in [0.3, 0.4) is 0 Å². The van der Waals surface area contributed by atoms with Gasteiger partial charge in [-0.15, -0.1) is 0 Å². The Morgan fingerprint density at radius 3 is 2.96 bits per heavy atom. The number of hydrogen-bond donors (Lipinski definition) is 3. The zero-order valence-corrected chi connectivity index (χ0v) is 14.6. The van der Waals surface area contributed by atoms with Gasteiger partial charge in [-0.2, -0.15) is 5.10 Å². The highest BCUT2D eigenvalue weighted by atomic mass is 16.3. The third-order valence-corrected chi connectivity index (χ3v) is 4.97. The lowest BCUT2D eigenvalue weighted by atomic mass is 10.00. The number of hydrogen-bond acceptors (Lipinski definition) is 4. The molecule has 3 aromatic rings. The van der Waals surface area contributed by atoms with Crippen molar-refractivity contribution in [2.24, 2.45) is 7.05 Å². The summed E-state index contributed by atoms with van der Waals surface area (Å²) in [7, 11) is 1.92. The summed E-state index contributed by atoms with van der Waals surface area (Å²) in [5.41, 5.74) is 3.69. The zero-order chi connectivity index (χ0) is 18.1. The van der Waals surface area contributed by atoms with Gasteiger partial charge in [0.2, 0.25) is 0 Å². The number of fused-ring (bicyclic) bond motifs is 1. The summed E-state index contributed by atoms with van der Waals surface area (Å²) in [6, 6.07) is 13.5. The van der Waals surface area contributed by atoms with Crippen LogP contribution < -0.4 is 10.6 Å². The van der Waals surface area contributed by atoms with E-state index < -0.39 is 6.10 Å². The minimum Gasteiger partial charge on any atom is -0.390 e. The largest absolute Gasteiger partial charge is 0.390 e. The first-order valence-corrected chi connectivity index (χ1v) is 8.84. The second-order valence-electron chi connectivity index (χ2n) is 6.76. The van der Waals surface area contributed by atoms with Crippen LogP contribution in [-0.4, -0.2) is 46.0 Å². The molecule has 1 amide bonds. The van der Waals surface area contributed by atoms with Crippen molar-refractivity contribution >= 4 is 16.8 Å². The van der Waals surface area contributed by atoms with E-state index in [1.54, 1.807) is 6.07 Å². The third kappa shape index (κ3) is 3.21. The summed E-state index contributed by atoms with van der Waals surface area (Å²) in [6.07, 6.45) is 2.02. The number of nitrogens with zero attached hydrogens (tertiary/aromatic N) is 2. The molecule has 2 aromatic carbocycles. The van der Waals surface area contributed by atoms with E-state index in [-0.39, 0.29) is 11.9 Å². The number of aryl methyl sites for hydroxylation is 1. The van der Waals surface area contributed by atoms with Crippen LogP contribution in [0.1, 0.15) is 16.8 Å². The van der Waals surface area contributed by atoms with Crippen LogP contribution in [0.2, 0.25) is 0 Å². The number of amides is 1. The molecule has 3 N–H and O–H groups in total. The van der Waals surface area contributed by atoms with Crippen LogP contribution in [0.15, 0.2) is 48.7 Å². The molecule has 0 radical (unpaired) electrons. The Labute approximate surface area is 151 Å². The average molecular weight is 350 g/mol. The van der Waals surface area contributed by atoms with Gasteiger partial charge < -0.3 is 15.7 Å². The lowest BCUT2D eigenvalue weighted by Crippen LogP contribution is -2.52. The number of carbonyl (C=O) groups excluding carboxylic acids is 1. The molecule has 6 heteroatoms. The van der Waals surface area contributed by atoms with Gasteiger partial charge in [-0.05, 0) is 48.4 Å². The maximum Gasteiger partial charge on any atom is 0.251 e. The number of aliphatic hydroxyl groups is 1. The van der Waals surface area contributed by atoms with Gasteiger partial charge in [-0.25, -0.2) is 0 Å². The lowest BCUT2D eigenvalue weighted by Gasteiger charge is -2.29. The zero-order valence-electron chi connectivity index (χ0n) is 14.6. The number of rotatable bonds is 3. The fourth-order valence-electron chi connectivity index (χ4n) is 3.45. The maximum atomic E-state index is 12.6. The van der Waals surface area contributed by atoms with Crippen molar-refractivity contribution < 1.29 is 9.90 Å².